The SMILES string of the molecule is O=C(O)c1ccc(-c2ccccc2-c2cc(-c3ccccc3)cc(-c3ccccc3-c3cnc(-c4[c-]cccc4)cc3-c3ccc(-c4ccccc4)cc3)c2)cn1.O=C(O)c1ccccn1.[Ir]. The monoisotopic (exact) mass is 1050 g/mol. The van der Waals surface area contributed by atoms with E-state index in [1.165, 1.54) is 17.8 Å². The molecule has 0 bridgehead atoms. The van der Waals surface area contributed by atoms with Crippen LogP contribution < -0.4 is 0 Å². The van der Waals surface area contributed by atoms with Gasteiger partial charge in [0, 0.05) is 49.8 Å². The van der Waals surface area contributed by atoms with Crippen molar-refractivity contribution in [3.8, 4) is 89.1 Å². The molecule has 7 nitrogen and oxygen atoms in total. The van der Waals surface area contributed by atoms with E-state index in [9.17, 15) is 14.7 Å². The Bertz CT molecular complexity index is 3280. The molecule has 3 heterocycles. The summed E-state index contributed by atoms with van der Waals surface area (Å²) in [5, 5.41) is 17.8. The molecule has 0 amide bonds. The predicted molar refractivity (Wildman–Crippen MR) is 263 cm³/mol. The summed E-state index contributed by atoms with van der Waals surface area (Å²) in [7, 11) is 0. The molecule has 10 aromatic rings. The summed E-state index contributed by atoms with van der Waals surface area (Å²) in [5.74, 6) is -2.04. The van der Waals surface area contributed by atoms with Crippen LogP contribution in [0.25, 0.3) is 89.1 Å². The summed E-state index contributed by atoms with van der Waals surface area (Å²) in [6.07, 6.45) is 5.08. The number of hydrogen-bond donors (Lipinski definition) is 2. The molecule has 10 rings (SSSR count). The van der Waals surface area contributed by atoms with Gasteiger partial charge in [0.25, 0.3) is 0 Å². The molecular weight excluding hydrogens is 1010 g/mol. The zero-order valence-electron chi connectivity index (χ0n) is 35.8. The third-order valence-corrected chi connectivity index (χ3v) is 11.2. The molecule has 0 unspecified atom stereocenters. The Morgan fingerprint density at radius 2 is 0.851 bits per heavy atom. The molecule has 325 valence electrons. The Balaban J connectivity index is 0.000000547. The number of rotatable bonds is 10. The smallest absolute Gasteiger partial charge is 0.354 e. The molecule has 1 radical (unpaired) electrons. The number of carboxylic acid groups (broad SMARTS) is 2. The van der Waals surface area contributed by atoms with Gasteiger partial charge < -0.3 is 15.2 Å². The number of pyridine rings is 3. The number of aromatic nitrogens is 3. The van der Waals surface area contributed by atoms with Gasteiger partial charge in [0.1, 0.15) is 11.4 Å². The normalized spacial score (nSPS) is 10.5. The number of hydrogen-bond acceptors (Lipinski definition) is 5. The van der Waals surface area contributed by atoms with E-state index in [1.54, 1.807) is 24.4 Å². The van der Waals surface area contributed by atoms with Crippen molar-refractivity contribution in [1.29, 1.82) is 0 Å². The van der Waals surface area contributed by atoms with Gasteiger partial charge in [-0.1, -0.05) is 152 Å². The van der Waals surface area contributed by atoms with Crippen molar-refractivity contribution in [1.82, 2.24) is 15.0 Å². The fourth-order valence-corrected chi connectivity index (χ4v) is 7.94. The molecule has 67 heavy (non-hydrogen) atoms. The molecule has 0 spiro atoms. The quantitative estimate of drug-likeness (QED) is 0.131. The molecule has 8 heteroatoms. The molecule has 0 atom stereocenters. The topological polar surface area (TPSA) is 113 Å². The first-order valence-electron chi connectivity index (χ1n) is 21.3. The van der Waals surface area contributed by atoms with Crippen molar-refractivity contribution in [3.05, 3.63) is 248 Å². The zero-order chi connectivity index (χ0) is 45.2. The van der Waals surface area contributed by atoms with E-state index in [0.29, 0.717) is 0 Å². The number of nitrogens with zero attached hydrogens (tertiary/aromatic N) is 3. The van der Waals surface area contributed by atoms with Crippen LogP contribution >= 0.6 is 0 Å². The second-order valence-electron chi connectivity index (χ2n) is 15.3. The van der Waals surface area contributed by atoms with Gasteiger partial charge in [0.15, 0.2) is 0 Å². The van der Waals surface area contributed by atoms with Gasteiger partial charge in [-0.2, -0.15) is 0 Å². The van der Waals surface area contributed by atoms with Crippen molar-refractivity contribution in [2.75, 3.05) is 0 Å². The second-order valence-corrected chi connectivity index (χ2v) is 15.3. The first kappa shape index (κ1) is 45.2. The van der Waals surface area contributed by atoms with Gasteiger partial charge in [0.2, 0.25) is 0 Å². The standard InChI is InChI=1S/C53H35N2O2.C6H5NO2.Ir/c56-53(57)51-29-28-41(34-54-51)45-20-10-11-21-46(45)43-30-42(37-16-6-2-7-17-37)31-44(32-43)47-22-12-13-23-48(47)50-35-55-52(40-18-8-3-9-19-40)33-49(50)39-26-24-38(25-27-39)36-14-4-1-5-15-36;8-6(9)5-3-1-2-4-7-5;/h1-18,20-35H,(H,56,57);1-4H,(H,8,9);/q-1;;. The number of carboxylic acids is 2. The minimum Gasteiger partial charge on any atom is -0.477 e. The number of aromatic carboxylic acids is 2. The maximum Gasteiger partial charge on any atom is 0.354 e. The molecule has 0 saturated heterocycles. The molecule has 3 aromatic heterocycles. The van der Waals surface area contributed by atoms with E-state index in [0.717, 1.165) is 83.6 Å². The van der Waals surface area contributed by atoms with Crippen molar-refractivity contribution in [2.24, 2.45) is 0 Å². The van der Waals surface area contributed by atoms with Gasteiger partial charge >= 0.3 is 11.9 Å². The summed E-state index contributed by atoms with van der Waals surface area (Å²) < 4.78 is 0. The van der Waals surface area contributed by atoms with E-state index >= 15 is 0 Å². The van der Waals surface area contributed by atoms with Crippen LogP contribution in [-0.2, 0) is 20.1 Å². The van der Waals surface area contributed by atoms with Crippen LogP contribution in [0.2, 0.25) is 0 Å². The summed E-state index contributed by atoms with van der Waals surface area (Å²) >= 11 is 0. The average molecular weight is 1050 g/mol. The van der Waals surface area contributed by atoms with Crippen LogP contribution in [0.4, 0.5) is 0 Å². The predicted octanol–water partition coefficient (Wildman–Crippen LogP) is 14.1. The molecule has 0 fully saturated rings. The molecule has 2 N–H and O–H groups in total. The third-order valence-electron chi connectivity index (χ3n) is 11.2. The maximum absolute atomic E-state index is 11.6. The Morgan fingerprint density at radius 3 is 1.40 bits per heavy atom. The maximum atomic E-state index is 11.6. The van der Waals surface area contributed by atoms with E-state index < -0.39 is 11.9 Å². The van der Waals surface area contributed by atoms with Gasteiger partial charge in [-0.15, -0.1) is 35.9 Å². The van der Waals surface area contributed by atoms with Gasteiger partial charge in [-0.05, 0) is 109 Å². The van der Waals surface area contributed by atoms with Crippen molar-refractivity contribution in [2.45, 2.75) is 0 Å². The van der Waals surface area contributed by atoms with Crippen molar-refractivity contribution in [3.63, 3.8) is 0 Å². The molecule has 0 aliphatic carbocycles. The number of carbonyl (C=O) groups is 2. The molecule has 7 aromatic carbocycles. The molecular formula is C59H40IrN3O4-. The fraction of sp³-hybridized carbons (Fsp3) is 0. The zero-order valence-corrected chi connectivity index (χ0v) is 38.2. The Morgan fingerprint density at radius 1 is 0.358 bits per heavy atom. The minimum atomic E-state index is -1.05. The van der Waals surface area contributed by atoms with Gasteiger partial charge in [0.05, 0.1) is 0 Å². The van der Waals surface area contributed by atoms with Gasteiger partial charge in [-0.3, -0.25) is 0 Å². The van der Waals surface area contributed by atoms with Crippen LogP contribution in [0.5, 0.6) is 0 Å². The van der Waals surface area contributed by atoms with Gasteiger partial charge in [-0.25, -0.2) is 19.6 Å². The minimum absolute atomic E-state index is 0. The molecule has 0 saturated carbocycles. The van der Waals surface area contributed by atoms with Crippen LogP contribution in [0.15, 0.2) is 231 Å². The second kappa shape index (κ2) is 21.0. The van der Waals surface area contributed by atoms with E-state index in [4.69, 9.17) is 10.1 Å². The summed E-state index contributed by atoms with van der Waals surface area (Å²) in [6, 6.07) is 74.8. The van der Waals surface area contributed by atoms with E-state index in [2.05, 4.69) is 149 Å². The van der Waals surface area contributed by atoms with Crippen molar-refractivity contribution < 1.29 is 39.9 Å². The average Bonchev–Trinajstić information content (AvgIpc) is 3.39. The Kier molecular flexibility index (Phi) is 14.2. The fourth-order valence-electron chi connectivity index (χ4n) is 7.94. The first-order chi connectivity index (χ1) is 32.4. The van der Waals surface area contributed by atoms with Crippen LogP contribution in [0.1, 0.15) is 21.0 Å². The van der Waals surface area contributed by atoms with Crippen molar-refractivity contribution >= 4 is 11.9 Å². The van der Waals surface area contributed by atoms with E-state index in [1.807, 2.05) is 60.8 Å². The Hall–Kier alpha value is -8.42. The third kappa shape index (κ3) is 10.4. The summed E-state index contributed by atoms with van der Waals surface area (Å²) in [6.45, 7) is 0. The Labute approximate surface area is 402 Å². The summed E-state index contributed by atoms with van der Waals surface area (Å²) in [4.78, 5) is 34.6. The summed E-state index contributed by atoms with van der Waals surface area (Å²) in [5.41, 5.74) is 16.6. The van der Waals surface area contributed by atoms with E-state index in [-0.39, 0.29) is 31.5 Å². The largest absolute Gasteiger partial charge is 0.477 e. The first-order valence-corrected chi connectivity index (χ1v) is 21.3. The van der Waals surface area contributed by atoms with Crippen LogP contribution in [-0.4, -0.2) is 37.1 Å². The number of benzene rings is 7. The molecule has 0 aliphatic heterocycles. The molecule has 0 aliphatic rings. The van der Waals surface area contributed by atoms with Crippen LogP contribution in [0, 0.1) is 6.07 Å². The van der Waals surface area contributed by atoms with Crippen LogP contribution in [0.3, 0.4) is 0 Å².